The Kier molecular flexibility index (Phi) is 18.1. The molecule has 0 radical (unpaired) electrons. The number of carbonyl (C=O) groups is 5. The summed E-state index contributed by atoms with van der Waals surface area (Å²) in [5.74, 6) is -0.524. The first-order valence-corrected chi connectivity index (χ1v) is 20.3. The molecule has 0 bridgehead atoms. The Morgan fingerprint density at radius 2 is 1.68 bits per heavy atom. The molecule has 5 amide bonds. The van der Waals surface area contributed by atoms with E-state index in [1.54, 1.807) is 35.4 Å². The number of hydrogen-bond acceptors (Lipinski definition) is 10. The van der Waals surface area contributed by atoms with Crippen molar-refractivity contribution in [1.82, 2.24) is 35.0 Å². The molecule has 2 aliphatic rings. The molecular weight excluding hydrogens is 734 g/mol. The molecule has 57 heavy (non-hydrogen) atoms. The summed E-state index contributed by atoms with van der Waals surface area (Å²) in [6.07, 6.45) is 6.28. The fraction of sp³-hybridized carbons (Fsp3) is 0.659. The molecule has 1 saturated carbocycles. The summed E-state index contributed by atoms with van der Waals surface area (Å²) in [4.78, 5) is 84.2. The highest BCUT2D eigenvalue weighted by Crippen LogP contribution is 2.29. The number of aliphatic hydroxyl groups excluding tert-OH is 1. The highest BCUT2D eigenvalue weighted by molar-refractivity contribution is 5.90. The van der Waals surface area contributed by atoms with Gasteiger partial charge in [-0.2, -0.15) is 0 Å². The Hall–Kier alpha value is -4.70. The van der Waals surface area contributed by atoms with Crippen molar-refractivity contribution < 1.29 is 43.4 Å². The smallest absolute Gasteiger partial charge is 0.434 e. The highest BCUT2D eigenvalue weighted by atomic mass is 16.8. The average Bonchev–Trinajstić information content (AvgIpc) is 3.74. The maximum Gasteiger partial charge on any atom is 0.443 e. The number of aromatic nitrogens is 2. The second-order valence-corrected chi connectivity index (χ2v) is 15.7. The Morgan fingerprint density at radius 3 is 2.33 bits per heavy atom. The predicted octanol–water partition coefficient (Wildman–Crippen LogP) is 3.94. The number of aromatic amines is 1. The number of amides is 5. The quantitative estimate of drug-likeness (QED) is 0.187. The number of rotatable bonds is 18. The van der Waals surface area contributed by atoms with Crippen molar-refractivity contribution in [3.63, 3.8) is 0 Å². The third-order valence-electron chi connectivity index (χ3n) is 10.8. The Morgan fingerprint density at radius 1 is 0.982 bits per heavy atom. The molecule has 16 nitrogen and oxygen atoms in total. The zero-order valence-electron chi connectivity index (χ0n) is 34.3. The van der Waals surface area contributed by atoms with Crippen molar-refractivity contribution >= 4 is 29.9 Å². The van der Waals surface area contributed by atoms with Gasteiger partial charge in [0.05, 0.1) is 32.7 Å². The number of benzene rings is 1. The van der Waals surface area contributed by atoms with E-state index in [-0.39, 0.29) is 43.7 Å². The van der Waals surface area contributed by atoms with Crippen LogP contribution in [-0.2, 0) is 41.5 Å². The molecule has 1 saturated heterocycles. The van der Waals surface area contributed by atoms with Gasteiger partial charge in [-0.25, -0.2) is 14.6 Å². The van der Waals surface area contributed by atoms with E-state index in [2.05, 4.69) is 29.1 Å². The van der Waals surface area contributed by atoms with Crippen molar-refractivity contribution in [1.29, 1.82) is 0 Å². The van der Waals surface area contributed by atoms with Gasteiger partial charge in [-0.1, -0.05) is 63.4 Å². The lowest BCUT2D eigenvalue weighted by Gasteiger charge is -2.35. The number of hydroxylamine groups is 2. The molecule has 4 atom stereocenters. The van der Waals surface area contributed by atoms with Crippen LogP contribution < -0.4 is 5.32 Å². The van der Waals surface area contributed by atoms with Crippen molar-refractivity contribution in [3.8, 4) is 0 Å². The van der Waals surface area contributed by atoms with E-state index in [1.165, 1.54) is 37.3 Å². The van der Waals surface area contributed by atoms with Gasteiger partial charge in [0.1, 0.15) is 6.04 Å². The second kappa shape index (κ2) is 22.9. The largest absolute Gasteiger partial charge is 0.443 e. The lowest BCUT2D eigenvalue weighted by molar-refractivity contribution is -0.148. The minimum Gasteiger partial charge on any atom is -0.434 e. The van der Waals surface area contributed by atoms with E-state index in [4.69, 9.17) is 14.3 Å². The molecule has 16 heteroatoms. The first-order chi connectivity index (χ1) is 27.3. The average molecular weight is 798 g/mol. The minimum absolute atomic E-state index is 0.0216. The zero-order valence-corrected chi connectivity index (χ0v) is 34.3. The molecule has 3 N–H and O–H groups in total. The standard InChI is InChI=1S/C41H63N7O9/c1-29(2)16-17-33(49)26-34(31-14-10-7-11-15-31)44-38(51)35(25-32-27-42-28-43-32)46(4)39(52)36(24-30-12-8-6-9-13-30)56-41(54)47(5)57-40(53)45(3)19-18-37(50)48-20-22-55-23-21-48/h6,8-9,12-13,27-29,31,33-36,49H,7,10-11,14-26H2,1-5H3,(H,42,43)(H,44,51)/t33-,34?,35-,36-/m0/s1. The highest BCUT2D eigenvalue weighted by Gasteiger charge is 2.37. The number of likely N-dealkylation sites (N-methyl/N-ethyl adjacent to an activating group) is 1. The van der Waals surface area contributed by atoms with Gasteiger partial charge in [0.25, 0.3) is 5.91 Å². The van der Waals surface area contributed by atoms with Gasteiger partial charge in [-0.15, -0.1) is 5.06 Å². The van der Waals surface area contributed by atoms with Gasteiger partial charge >= 0.3 is 12.2 Å². The maximum absolute atomic E-state index is 14.4. The van der Waals surface area contributed by atoms with Crippen LogP contribution in [0, 0.1) is 11.8 Å². The number of ether oxygens (including phenoxy) is 2. The number of nitrogens with zero attached hydrogens (tertiary/aromatic N) is 5. The predicted molar refractivity (Wildman–Crippen MR) is 211 cm³/mol. The topological polar surface area (TPSA) is 187 Å². The third kappa shape index (κ3) is 14.6. The van der Waals surface area contributed by atoms with Crippen molar-refractivity contribution in [3.05, 3.63) is 54.1 Å². The fourth-order valence-corrected chi connectivity index (χ4v) is 7.27. The van der Waals surface area contributed by atoms with Crippen LogP contribution in [0.25, 0.3) is 0 Å². The lowest BCUT2D eigenvalue weighted by Crippen LogP contribution is -2.56. The molecule has 1 aromatic heterocycles. The zero-order chi connectivity index (χ0) is 41.3. The molecule has 2 aromatic rings. The molecule has 1 aromatic carbocycles. The third-order valence-corrected chi connectivity index (χ3v) is 10.8. The Labute approximate surface area is 336 Å². The van der Waals surface area contributed by atoms with E-state index in [1.807, 2.05) is 6.07 Å². The van der Waals surface area contributed by atoms with E-state index in [9.17, 15) is 29.1 Å². The van der Waals surface area contributed by atoms with Crippen molar-refractivity contribution in [2.45, 2.75) is 109 Å². The van der Waals surface area contributed by atoms with Crippen LogP contribution >= 0.6 is 0 Å². The fourth-order valence-electron chi connectivity index (χ4n) is 7.27. The number of carbonyl (C=O) groups excluding carboxylic acids is 5. The Balaban J connectivity index is 1.48. The summed E-state index contributed by atoms with van der Waals surface area (Å²) in [5, 5.41) is 14.9. The summed E-state index contributed by atoms with van der Waals surface area (Å²) in [5.41, 5.74) is 1.32. The van der Waals surface area contributed by atoms with Gasteiger partial charge in [-0.3, -0.25) is 14.4 Å². The van der Waals surface area contributed by atoms with Crippen molar-refractivity contribution in [2.24, 2.45) is 11.8 Å². The SMILES string of the molecule is CC(C)CC[C@H](O)CC(NC(=O)[C@H](Cc1cnc[nH]1)N(C)C(=O)[C@H](Cc1ccccc1)OC(=O)N(C)OC(=O)N(C)CCC(=O)N1CCOCC1)C1CCCCC1. The van der Waals surface area contributed by atoms with Crippen LogP contribution in [0.4, 0.5) is 9.59 Å². The summed E-state index contributed by atoms with van der Waals surface area (Å²) in [6.45, 7) is 6.17. The van der Waals surface area contributed by atoms with Crippen LogP contribution in [0.2, 0.25) is 0 Å². The molecule has 4 rings (SSSR count). The van der Waals surface area contributed by atoms with Gasteiger partial charge in [0.15, 0.2) is 6.10 Å². The Bertz CT molecular complexity index is 1550. The van der Waals surface area contributed by atoms with Crippen LogP contribution in [0.15, 0.2) is 42.9 Å². The number of aliphatic hydroxyl groups is 1. The second-order valence-electron chi connectivity index (χ2n) is 15.7. The summed E-state index contributed by atoms with van der Waals surface area (Å²) < 4.78 is 11.0. The van der Waals surface area contributed by atoms with Crippen LogP contribution in [0.1, 0.15) is 82.9 Å². The monoisotopic (exact) mass is 797 g/mol. The van der Waals surface area contributed by atoms with Crippen molar-refractivity contribution in [2.75, 3.05) is 54.0 Å². The molecular formula is C41H63N7O9. The molecule has 316 valence electrons. The van der Waals surface area contributed by atoms with Gasteiger partial charge in [-0.05, 0) is 49.5 Å². The number of H-pyrrole nitrogens is 1. The number of imidazole rings is 1. The van der Waals surface area contributed by atoms with Gasteiger partial charge in [0.2, 0.25) is 11.8 Å². The minimum atomic E-state index is -1.40. The number of morpholine rings is 1. The van der Waals surface area contributed by atoms with Gasteiger partial charge in [0, 0.05) is 70.9 Å². The molecule has 1 aliphatic carbocycles. The van der Waals surface area contributed by atoms with Crippen LogP contribution in [0.3, 0.4) is 0 Å². The summed E-state index contributed by atoms with van der Waals surface area (Å²) in [7, 11) is 4.13. The molecule has 2 heterocycles. The van der Waals surface area contributed by atoms with E-state index in [0.717, 1.165) is 38.5 Å². The number of nitrogens with one attached hydrogen (secondary N) is 2. The molecule has 0 spiro atoms. The first kappa shape index (κ1) is 45.0. The van der Waals surface area contributed by atoms with E-state index in [0.29, 0.717) is 61.4 Å². The van der Waals surface area contributed by atoms with E-state index >= 15 is 0 Å². The molecule has 1 aliphatic heterocycles. The maximum atomic E-state index is 14.4. The lowest BCUT2D eigenvalue weighted by atomic mass is 9.81. The summed E-state index contributed by atoms with van der Waals surface area (Å²) in [6, 6.07) is 7.68. The van der Waals surface area contributed by atoms with Crippen LogP contribution in [-0.4, -0.2) is 143 Å². The summed E-state index contributed by atoms with van der Waals surface area (Å²) >= 11 is 0. The first-order valence-electron chi connectivity index (χ1n) is 20.3. The number of hydrogen-bond donors (Lipinski definition) is 3. The molecule has 2 fully saturated rings. The normalized spacial score (nSPS) is 16.9. The van der Waals surface area contributed by atoms with Crippen LogP contribution in [0.5, 0.6) is 0 Å². The van der Waals surface area contributed by atoms with Gasteiger partial charge < -0.3 is 44.4 Å². The molecule has 1 unspecified atom stereocenters. The van der Waals surface area contributed by atoms with E-state index < -0.39 is 42.3 Å².